The first-order valence-electron chi connectivity index (χ1n) is 13.5. The number of amides is 3. The molecule has 40 heavy (non-hydrogen) atoms. The second-order valence-electron chi connectivity index (χ2n) is 10.6. The molecule has 2 bridgehead atoms. The quantitative estimate of drug-likeness (QED) is 0.444. The molecule has 210 valence electrons. The monoisotopic (exact) mass is 563 g/mol. The molecule has 0 saturated carbocycles. The molecule has 1 N–H and O–H groups in total. The van der Waals surface area contributed by atoms with Crippen LogP contribution in [0.1, 0.15) is 19.8 Å². The van der Waals surface area contributed by atoms with Crippen LogP contribution in [0.4, 0.5) is 11.4 Å². The zero-order chi connectivity index (χ0) is 28.6. The minimum atomic E-state index is -1.19. The first-order chi connectivity index (χ1) is 19.3. The fourth-order valence-electron chi connectivity index (χ4n) is 6.67. The van der Waals surface area contributed by atoms with Gasteiger partial charge >= 0.3 is 0 Å². The van der Waals surface area contributed by atoms with Gasteiger partial charge in [0.05, 0.1) is 30.6 Å². The summed E-state index contributed by atoms with van der Waals surface area (Å²) in [5, 5.41) is 10.7. The Labute approximate surface area is 239 Å². The number of halogens is 1. The van der Waals surface area contributed by atoms with Crippen molar-refractivity contribution in [2.75, 3.05) is 29.5 Å². The lowest BCUT2D eigenvalue weighted by atomic mass is 9.70. The van der Waals surface area contributed by atoms with E-state index in [1.165, 1.54) is 4.90 Å². The van der Waals surface area contributed by atoms with Crippen LogP contribution >= 0.6 is 11.6 Å². The van der Waals surface area contributed by atoms with E-state index in [-0.39, 0.29) is 37.4 Å². The van der Waals surface area contributed by atoms with Gasteiger partial charge in [0.1, 0.15) is 11.6 Å². The van der Waals surface area contributed by atoms with E-state index < -0.39 is 35.6 Å². The Morgan fingerprint density at radius 3 is 2.27 bits per heavy atom. The van der Waals surface area contributed by atoms with Crippen LogP contribution in [0.15, 0.2) is 79.9 Å². The Morgan fingerprint density at radius 1 is 1.07 bits per heavy atom. The molecular weight excluding hydrogens is 530 g/mol. The van der Waals surface area contributed by atoms with E-state index in [1.807, 2.05) is 30.3 Å². The predicted octanol–water partition coefficient (Wildman–Crippen LogP) is 3.83. The van der Waals surface area contributed by atoms with Gasteiger partial charge in [0, 0.05) is 29.5 Å². The summed E-state index contributed by atoms with van der Waals surface area (Å²) in [6.45, 7) is 9.47. The number of carbonyl (C=O) groups is 3. The standard InChI is InChI=1S/C31H34ClN3O5/c1-4-17-33(22-9-7-6-8-10-22)28(37)25-24-15-16-31(40-24)26(25)29(38)35(20(3)19-36)27(31)30(39)34(18-5-2)23-13-11-21(32)12-14-23/h4-14,20,24-27,36H,1-2,15-19H2,3H3/t20-,24+,25-,26+,27?,31?/m1/s1. The number of anilines is 2. The maximum atomic E-state index is 14.4. The molecule has 5 rings (SSSR count). The number of carbonyl (C=O) groups excluding carboxylic acids is 3. The Bertz CT molecular complexity index is 1300. The van der Waals surface area contributed by atoms with Crippen molar-refractivity contribution in [3.05, 3.63) is 84.9 Å². The zero-order valence-corrected chi connectivity index (χ0v) is 23.2. The second-order valence-corrected chi connectivity index (χ2v) is 11.1. The molecule has 3 saturated heterocycles. The van der Waals surface area contributed by atoms with E-state index in [9.17, 15) is 19.5 Å². The molecule has 6 atom stereocenters. The van der Waals surface area contributed by atoms with E-state index in [4.69, 9.17) is 16.3 Å². The van der Waals surface area contributed by atoms with Crippen molar-refractivity contribution in [2.24, 2.45) is 11.8 Å². The first-order valence-corrected chi connectivity index (χ1v) is 13.9. The van der Waals surface area contributed by atoms with Crippen molar-refractivity contribution < 1.29 is 24.2 Å². The average Bonchev–Trinajstić information content (AvgIpc) is 3.62. The number of fused-ring (bicyclic) bond motifs is 1. The Hall–Kier alpha value is -3.46. The second kappa shape index (κ2) is 11.2. The molecular formula is C31H34ClN3O5. The van der Waals surface area contributed by atoms with Gasteiger partial charge in [-0.15, -0.1) is 13.2 Å². The van der Waals surface area contributed by atoms with Crippen molar-refractivity contribution >= 4 is 40.7 Å². The Morgan fingerprint density at radius 2 is 1.68 bits per heavy atom. The van der Waals surface area contributed by atoms with Crippen LogP contribution in [-0.2, 0) is 19.1 Å². The molecule has 3 aliphatic heterocycles. The fraction of sp³-hybridized carbons (Fsp3) is 0.387. The van der Waals surface area contributed by atoms with Gasteiger partial charge in [0.15, 0.2) is 0 Å². The van der Waals surface area contributed by atoms with Gasteiger partial charge in [-0.05, 0) is 56.2 Å². The average molecular weight is 564 g/mol. The van der Waals surface area contributed by atoms with Crippen LogP contribution in [-0.4, -0.2) is 71.2 Å². The topological polar surface area (TPSA) is 90.4 Å². The highest BCUT2D eigenvalue weighted by molar-refractivity contribution is 6.30. The van der Waals surface area contributed by atoms with Gasteiger partial charge in [0.2, 0.25) is 11.8 Å². The smallest absolute Gasteiger partial charge is 0.253 e. The minimum Gasteiger partial charge on any atom is -0.394 e. The molecule has 3 fully saturated rings. The van der Waals surface area contributed by atoms with Gasteiger partial charge in [-0.1, -0.05) is 42.0 Å². The van der Waals surface area contributed by atoms with Gasteiger partial charge in [-0.2, -0.15) is 0 Å². The van der Waals surface area contributed by atoms with Crippen molar-refractivity contribution in [3.63, 3.8) is 0 Å². The van der Waals surface area contributed by atoms with E-state index in [1.54, 1.807) is 53.1 Å². The van der Waals surface area contributed by atoms with Crippen LogP contribution in [0.3, 0.4) is 0 Å². The lowest BCUT2D eigenvalue weighted by molar-refractivity contribution is -0.143. The lowest BCUT2D eigenvalue weighted by Crippen LogP contribution is -2.58. The maximum Gasteiger partial charge on any atom is 0.253 e. The molecule has 9 heteroatoms. The Balaban J connectivity index is 1.57. The van der Waals surface area contributed by atoms with Gasteiger partial charge in [0.25, 0.3) is 5.91 Å². The third-order valence-corrected chi connectivity index (χ3v) is 8.61. The molecule has 0 aromatic heterocycles. The third kappa shape index (κ3) is 4.44. The van der Waals surface area contributed by atoms with Crippen LogP contribution < -0.4 is 9.80 Å². The number of nitrogens with zero attached hydrogens (tertiary/aromatic N) is 3. The molecule has 0 radical (unpaired) electrons. The largest absolute Gasteiger partial charge is 0.394 e. The van der Waals surface area contributed by atoms with E-state index in [0.717, 1.165) is 0 Å². The molecule has 2 aromatic rings. The van der Waals surface area contributed by atoms with E-state index in [2.05, 4.69) is 13.2 Å². The highest BCUT2D eigenvalue weighted by Gasteiger charge is 2.75. The minimum absolute atomic E-state index is 0.195. The number of aliphatic hydroxyl groups excluding tert-OH is 1. The normalized spacial score (nSPS) is 27.3. The molecule has 0 aliphatic carbocycles. The number of likely N-dealkylation sites (tertiary alicyclic amines) is 1. The molecule has 2 unspecified atom stereocenters. The zero-order valence-electron chi connectivity index (χ0n) is 22.5. The summed E-state index contributed by atoms with van der Waals surface area (Å²) >= 11 is 6.10. The van der Waals surface area contributed by atoms with Crippen molar-refractivity contribution in [2.45, 2.75) is 43.6 Å². The summed E-state index contributed by atoms with van der Waals surface area (Å²) in [6, 6.07) is 14.4. The maximum absolute atomic E-state index is 14.4. The van der Waals surface area contributed by atoms with Gasteiger partial charge < -0.3 is 24.5 Å². The molecule has 8 nitrogen and oxygen atoms in total. The van der Waals surface area contributed by atoms with Gasteiger partial charge in [-0.3, -0.25) is 14.4 Å². The van der Waals surface area contributed by atoms with Crippen molar-refractivity contribution in [1.82, 2.24) is 4.90 Å². The first kappa shape index (κ1) is 28.1. The van der Waals surface area contributed by atoms with Crippen molar-refractivity contribution in [1.29, 1.82) is 0 Å². The number of benzene rings is 2. The summed E-state index contributed by atoms with van der Waals surface area (Å²) in [6.07, 6.45) is 3.77. The van der Waals surface area contributed by atoms with Gasteiger partial charge in [-0.25, -0.2) is 0 Å². The highest BCUT2D eigenvalue weighted by atomic mass is 35.5. The summed E-state index contributed by atoms with van der Waals surface area (Å²) in [5.41, 5.74) is 0.104. The molecule has 3 amide bonds. The summed E-state index contributed by atoms with van der Waals surface area (Å²) < 4.78 is 6.58. The fourth-order valence-corrected chi connectivity index (χ4v) is 6.80. The summed E-state index contributed by atoms with van der Waals surface area (Å²) in [4.78, 5) is 47.5. The molecule has 3 aliphatic rings. The number of hydrogen-bond donors (Lipinski definition) is 1. The van der Waals surface area contributed by atoms with Crippen LogP contribution in [0.2, 0.25) is 5.02 Å². The van der Waals surface area contributed by atoms with Crippen molar-refractivity contribution in [3.8, 4) is 0 Å². The third-order valence-electron chi connectivity index (χ3n) is 8.36. The molecule has 2 aromatic carbocycles. The summed E-state index contributed by atoms with van der Waals surface area (Å²) in [5.74, 6) is -2.55. The van der Waals surface area contributed by atoms with E-state index >= 15 is 0 Å². The Kier molecular flexibility index (Phi) is 7.86. The number of aliphatic hydroxyl groups is 1. The van der Waals surface area contributed by atoms with Crippen LogP contribution in [0.5, 0.6) is 0 Å². The van der Waals surface area contributed by atoms with E-state index in [0.29, 0.717) is 29.2 Å². The lowest BCUT2D eigenvalue weighted by Gasteiger charge is -2.38. The number of ether oxygens (including phenoxy) is 1. The number of para-hydroxylation sites is 1. The summed E-state index contributed by atoms with van der Waals surface area (Å²) in [7, 11) is 0. The number of rotatable bonds is 10. The molecule has 3 heterocycles. The van der Waals surface area contributed by atoms with Crippen LogP contribution in [0.25, 0.3) is 0 Å². The SMILES string of the molecule is C=CCN(C(=O)C1N([C@H](C)CO)C(=O)[C@@H]2[C@H](C(=O)N(CC=C)c3ccccc3)[C@@H]3CCC12O3)c1ccc(Cl)cc1. The molecule has 1 spiro atoms. The highest BCUT2D eigenvalue weighted by Crippen LogP contribution is 2.59. The predicted molar refractivity (Wildman–Crippen MR) is 154 cm³/mol. The van der Waals surface area contributed by atoms with Crippen LogP contribution in [0, 0.1) is 11.8 Å². The number of hydrogen-bond acceptors (Lipinski definition) is 5.